The van der Waals surface area contributed by atoms with Gasteiger partial charge in [-0.05, 0) is 55.0 Å². The molecule has 0 spiro atoms. The van der Waals surface area contributed by atoms with Crippen molar-refractivity contribution < 1.29 is 9.59 Å². The molecule has 0 aliphatic carbocycles. The summed E-state index contributed by atoms with van der Waals surface area (Å²) in [6.45, 7) is 1.86. The summed E-state index contributed by atoms with van der Waals surface area (Å²) >= 11 is 4.89. The van der Waals surface area contributed by atoms with E-state index in [1.165, 1.54) is 16.7 Å². The van der Waals surface area contributed by atoms with Gasteiger partial charge in [-0.25, -0.2) is 4.98 Å². The molecule has 7 heteroatoms. The van der Waals surface area contributed by atoms with Crippen molar-refractivity contribution in [3.63, 3.8) is 0 Å². The average Bonchev–Trinajstić information content (AvgIpc) is 2.80. The smallest absolute Gasteiger partial charge is 0.259 e. The zero-order valence-electron chi connectivity index (χ0n) is 15.0. The van der Waals surface area contributed by atoms with Crippen LogP contribution in [0.15, 0.2) is 75.2 Å². The minimum absolute atomic E-state index is 0.0957. The number of nitrogens with zero attached hydrogens (tertiary/aromatic N) is 2. The van der Waals surface area contributed by atoms with Crippen LogP contribution in [0.4, 0.5) is 11.4 Å². The van der Waals surface area contributed by atoms with E-state index in [0.717, 1.165) is 14.9 Å². The molecule has 2 amide bonds. The van der Waals surface area contributed by atoms with Gasteiger partial charge in [0.2, 0.25) is 5.91 Å². The van der Waals surface area contributed by atoms with Gasteiger partial charge in [0, 0.05) is 21.3 Å². The summed E-state index contributed by atoms with van der Waals surface area (Å²) in [6.07, 6.45) is 1.69. The first-order valence-corrected chi connectivity index (χ1v) is 10.2. The van der Waals surface area contributed by atoms with Crippen molar-refractivity contribution in [3.8, 4) is 0 Å². The van der Waals surface area contributed by atoms with Crippen molar-refractivity contribution in [1.29, 1.82) is 0 Å². The van der Waals surface area contributed by atoms with Crippen molar-refractivity contribution in [2.75, 3.05) is 16.8 Å². The molecule has 0 atom stereocenters. The van der Waals surface area contributed by atoms with E-state index in [9.17, 15) is 9.59 Å². The maximum absolute atomic E-state index is 13.2. The molecule has 0 fully saturated rings. The molecule has 4 rings (SSSR count). The number of carbonyl (C=O) groups is 2. The highest BCUT2D eigenvalue weighted by Crippen LogP contribution is 2.39. The summed E-state index contributed by atoms with van der Waals surface area (Å²) in [5.74, 6) is -0.480. The maximum Gasteiger partial charge on any atom is 0.259 e. The van der Waals surface area contributed by atoms with Crippen molar-refractivity contribution in [2.45, 2.75) is 16.8 Å². The van der Waals surface area contributed by atoms with Crippen LogP contribution in [-0.4, -0.2) is 23.3 Å². The normalized spacial score (nSPS) is 12.8. The number of nitrogens with one attached hydrogen (secondary N) is 1. The van der Waals surface area contributed by atoms with E-state index in [4.69, 9.17) is 0 Å². The Bertz CT molecular complexity index is 1090. The van der Waals surface area contributed by atoms with Gasteiger partial charge in [-0.1, -0.05) is 39.8 Å². The highest BCUT2D eigenvalue weighted by atomic mass is 79.9. The lowest BCUT2D eigenvalue weighted by Crippen LogP contribution is -2.38. The van der Waals surface area contributed by atoms with Crippen LogP contribution < -0.4 is 10.2 Å². The summed E-state index contributed by atoms with van der Waals surface area (Å²) in [6, 6.07) is 16.6. The van der Waals surface area contributed by atoms with Crippen molar-refractivity contribution in [2.24, 2.45) is 0 Å². The minimum atomic E-state index is -0.269. The lowest BCUT2D eigenvalue weighted by Gasteiger charge is -2.22. The van der Waals surface area contributed by atoms with Gasteiger partial charge in [-0.2, -0.15) is 0 Å². The van der Waals surface area contributed by atoms with Gasteiger partial charge in [-0.15, -0.1) is 0 Å². The van der Waals surface area contributed by atoms with Gasteiger partial charge >= 0.3 is 0 Å². The Labute approximate surface area is 175 Å². The summed E-state index contributed by atoms with van der Waals surface area (Å²) in [7, 11) is 0. The predicted molar refractivity (Wildman–Crippen MR) is 114 cm³/mol. The molecule has 3 aromatic rings. The van der Waals surface area contributed by atoms with Crippen LogP contribution in [-0.2, 0) is 4.79 Å². The van der Waals surface area contributed by atoms with E-state index in [0.29, 0.717) is 22.0 Å². The van der Waals surface area contributed by atoms with Gasteiger partial charge in [0.25, 0.3) is 5.91 Å². The second-order valence-electron chi connectivity index (χ2n) is 6.33. The predicted octanol–water partition coefficient (Wildman–Crippen LogP) is 4.90. The van der Waals surface area contributed by atoms with Gasteiger partial charge in [0.05, 0.1) is 11.3 Å². The third-order valence-corrected chi connectivity index (χ3v) is 6.33. The molecule has 1 N–H and O–H groups in total. The van der Waals surface area contributed by atoms with Crippen LogP contribution in [0.25, 0.3) is 0 Å². The van der Waals surface area contributed by atoms with E-state index in [2.05, 4.69) is 26.2 Å². The van der Waals surface area contributed by atoms with Crippen LogP contribution in [0.2, 0.25) is 0 Å². The quantitative estimate of drug-likeness (QED) is 0.612. The lowest BCUT2D eigenvalue weighted by atomic mass is 10.2. The summed E-state index contributed by atoms with van der Waals surface area (Å²) in [5.41, 5.74) is 2.91. The van der Waals surface area contributed by atoms with Crippen molar-refractivity contribution >= 4 is 50.9 Å². The van der Waals surface area contributed by atoms with Crippen LogP contribution in [0, 0.1) is 6.92 Å². The number of amides is 2. The molecule has 0 radical (unpaired) electrons. The Kier molecular flexibility index (Phi) is 5.19. The number of aromatic nitrogens is 1. The molecule has 2 heterocycles. The second-order valence-corrected chi connectivity index (χ2v) is 8.21. The fourth-order valence-corrected chi connectivity index (χ4v) is 4.24. The number of pyridine rings is 1. The van der Waals surface area contributed by atoms with Crippen LogP contribution in [0.3, 0.4) is 0 Å². The number of hydrogen-bond donors (Lipinski definition) is 1. The Balaban J connectivity index is 1.64. The van der Waals surface area contributed by atoms with E-state index in [1.807, 2.05) is 49.4 Å². The maximum atomic E-state index is 13.2. The molecule has 5 nitrogen and oxygen atoms in total. The van der Waals surface area contributed by atoms with Gasteiger partial charge < -0.3 is 5.32 Å². The third kappa shape index (κ3) is 3.68. The number of hydrogen-bond acceptors (Lipinski definition) is 4. The first kappa shape index (κ1) is 18.7. The molecular weight excluding hydrogens is 438 g/mol. The number of rotatable bonds is 3. The summed E-state index contributed by atoms with van der Waals surface area (Å²) in [4.78, 5) is 32.6. The average molecular weight is 454 g/mol. The topological polar surface area (TPSA) is 62.3 Å². The first-order chi connectivity index (χ1) is 13.5. The third-order valence-electron chi connectivity index (χ3n) is 4.35. The number of carbonyl (C=O) groups excluding carboxylic acids is 2. The molecule has 0 saturated carbocycles. The molecule has 1 aromatic heterocycles. The van der Waals surface area contributed by atoms with E-state index in [1.54, 1.807) is 18.3 Å². The Morgan fingerprint density at radius 1 is 1.18 bits per heavy atom. The van der Waals surface area contributed by atoms with Crippen LogP contribution in [0.1, 0.15) is 15.9 Å². The first-order valence-electron chi connectivity index (χ1n) is 8.63. The number of halogens is 1. The van der Waals surface area contributed by atoms with Crippen molar-refractivity contribution in [3.05, 3.63) is 76.4 Å². The summed E-state index contributed by atoms with van der Waals surface area (Å²) < 4.78 is 0.974. The monoisotopic (exact) mass is 453 g/mol. The zero-order valence-corrected chi connectivity index (χ0v) is 17.4. The van der Waals surface area contributed by atoms with E-state index < -0.39 is 0 Å². The minimum Gasteiger partial charge on any atom is -0.325 e. The second kappa shape index (κ2) is 7.77. The fraction of sp³-hybridized carbons (Fsp3) is 0.0952. The molecule has 0 bridgehead atoms. The largest absolute Gasteiger partial charge is 0.325 e. The molecule has 140 valence electrons. The van der Waals surface area contributed by atoms with Gasteiger partial charge in [0.15, 0.2) is 0 Å². The van der Waals surface area contributed by atoms with Crippen LogP contribution in [0.5, 0.6) is 0 Å². The lowest BCUT2D eigenvalue weighted by molar-refractivity contribution is -0.114. The van der Waals surface area contributed by atoms with Crippen LogP contribution >= 0.6 is 27.7 Å². The van der Waals surface area contributed by atoms with E-state index in [-0.39, 0.29) is 18.4 Å². The SMILES string of the molecule is Cc1cc(NC(=O)CN2C(=O)c3ccccc3Sc3ncccc32)ccc1Br. The molecule has 0 unspecified atom stereocenters. The van der Waals surface area contributed by atoms with Gasteiger partial charge in [0.1, 0.15) is 11.6 Å². The molecule has 1 aliphatic rings. The molecule has 0 saturated heterocycles. The Morgan fingerprint density at radius 3 is 2.82 bits per heavy atom. The molecule has 28 heavy (non-hydrogen) atoms. The van der Waals surface area contributed by atoms with Gasteiger partial charge in [-0.3, -0.25) is 14.5 Å². The molecule has 2 aromatic carbocycles. The number of benzene rings is 2. The fourth-order valence-electron chi connectivity index (χ4n) is 2.98. The zero-order chi connectivity index (χ0) is 19.7. The Morgan fingerprint density at radius 2 is 2.00 bits per heavy atom. The highest BCUT2D eigenvalue weighted by molar-refractivity contribution is 9.10. The van der Waals surface area contributed by atoms with Crippen molar-refractivity contribution in [1.82, 2.24) is 4.98 Å². The highest BCUT2D eigenvalue weighted by Gasteiger charge is 2.29. The standard InChI is InChI=1S/C21H16BrN3O2S/c1-13-11-14(8-9-16(13)22)24-19(26)12-25-17-6-4-10-23-20(17)28-18-7-3-2-5-15(18)21(25)27/h2-11H,12H2,1H3,(H,24,26). The Hall–Kier alpha value is -2.64. The summed E-state index contributed by atoms with van der Waals surface area (Å²) in [5, 5.41) is 3.57. The number of anilines is 2. The molecular formula is C21H16BrN3O2S. The number of aryl methyl sites for hydroxylation is 1. The van der Waals surface area contributed by atoms with E-state index >= 15 is 0 Å². The number of fused-ring (bicyclic) bond motifs is 2. The molecule has 1 aliphatic heterocycles.